The maximum Gasteiger partial charge on any atom is 0.254 e. The Kier molecular flexibility index (Phi) is 2.97. The number of nitrogens with two attached hydrogens (primary N) is 1. The SMILES string of the molecule is Cc1c(N)cccc1C(=O)N1C2CCC1CC(O)C2. The Hall–Kier alpha value is -1.55. The second kappa shape index (κ2) is 4.53. The van der Waals surface area contributed by atoms with E-state index in [4.69, 9.17) is 5.73 Å². The van der Waals surface area contributed by atoms with E-state index in [2.05, 4.69) is 0 Å². The van der Waals surface area contributed by atoms with E-state index in [1.807, 2.05) is 30.0 Å². The number of rotatable bonds is 1. The lowest BCUT2D eigenvalue weighted by Gasteiger charge is -2.37. The molecule has 2 fully saturated rings. The molecule has 2 bridgehead atoms. The third kappa shape index (κ3) is 2.00. The lowest BCUT2D eigenvalue weighted by molar-refractivity contribution is 0.0286. The number of carbonyl (C=O) groups excluding carboxylic acids is 1. The standard InChI is InChI=1S/C15H20N2O2/c1-9-13(3-2-4-14(9)16)15(19)17-10-5-6-11(17)8-12(18)7-10/h2-4,10-12,18H,5-8,16H2,1H3. The molecule has 4 nitrogen and oxygen atoms in total. The zero-order valence-electron chi connectivity index (χ0n) is 11.2. The van der Waals surface area contributed by atoms with Crippen molar-refractivity contribution in [2.24, 2.45) is 0 Å². The van der Waals surface area contributed by atoms with E-state index < -0.39 is 0 Å². The molecule has 19 heavy (non-hydrogen) atoms. The van der Waals surface area contributed by atoms with Crippen molar-refractivity contribution >= 4 is 11.6 Å². The summed E-state index contributed by atoms with van der Waals surface area (Å²) in [5, 5.41) is 9.80. The quantitative estimate of drug-likeness (QED) is 0.755. The summed E-state index contributed by atoms with van der Waals surface area (Å²) in [6.07, 6.45) is 3.19. The fraction of sp³-hybridized carbons (Fsp3) is 0.533. The summed E-state index contributed by atoms with van der Waals surface area (Å²) in [5.74, 6) is 0.0733. The van der Waals surface area contributed by atoms with Crippen molar-refractivity contribution in [3.05, 3.63) is 29.3 Å². The van der Waals surface area contributed by atoms with Gasteiger partial charge in [0.25, 0.3) is 5.91 Å². The minimum atomic E-state index is -0.247. The largest absolute Gasteiger partial charge is 0.398 e. The van der Waals surface area contributed by atoms with Gasteiger partial charge in [-0.05, 0) is 50.3 Å². The zero-order chi connectivity index (χ0) is 13.6. The molecular formula is C15H20N2O2. The molecular weight excluding hydrogens is 240 g/mol. The molecule has 1 aromatic rings. The minimum Gasteiger partial charge on any atom is -0.398 e. The van der Waals surface area contributed by atoms with Crippen LogP contribution in [0.3, 0.4) is 0 Å². The van der Waals surface area contributed by atoms with Gasteiger partial charge >= 0.3 is 0 Å². The van der Waals surface area contributed by atoms with Gasteiger partial charge < -0.3 is 15.7 Å². The number of aliphatic hydroxyl groups excluding tert-OH is 1. The van der Waals surface area contributed by atoms with E-state index in [0.29, 0.717) is 24.1 Å². The number of nitrogen functional groups attached to an aromatic ring is 1. The van der Waals surface area contributed by atoms with Gasteiger partial charge in [-0.2, -0.15) is 0 Å². The van der Waals surface area contributed by atoms with Crippen LogP contribution in [0.15, 0.2) is 18.2 Å². The first-order chi connectivity index (χ1) is 9.08. The number of fused-ring (bicyclic) bond motifs is 2. The van der Waals surface area contributed by atoms with E-state index in [1.165, 1.54) is 0 Å². The number of benzene rings is 1. The van der Waals surface area contributed by atoms with Crippen LogP contribution in [0, 0.1) is 6.92 Å². The van der Waals surface area contributed by atoms with Gasteiger partial charge in [-0.3, -0.25) is 4.79 Å². The second-order valence-electron chi connectivity index (χ2n) is 5.74. The van der Waals surface area contributed by atoms with Gasteiger partial charge in [0.15, 0.2) is 0 Å². The highest BCUT2D eigenvalue weighted by atomic mass is 16.3. The predicted molar refractivity (Wildman–Crippen MR) is 73.8 cm³/mol. The summed E-state index contributed by atoms with van der Waals surface area (Å²) >= 11 is 0. The van der Waals surface area contributed by atoms with Crippen LogP contribution in [-0.2, 0) is 0 Å². The average Bonchev–Trinajstić information content (AvgIpc) is 2.64. The lowest BCUT2D eigenvalue weighted by atomic mass is 9.97. The summed E-state index contributed by atoms with van der Waals surface area (Å²) in [5.41, 5.74) is 8.11. The molecule has 1 amide bonds. The Labute approximate surface area is 113 Å². The first-order valence-corrected chi connectivity index (χ1v) is 6.93. The maximum absolute atomic E-state index is 12.7. The molecule has 0 aromatic heterocycles. The van der Waals surface area contributed by atoms with Gasteiger partial charge in [-0.25, -0.2) is 0 Å². The highest BCUT2D eigenvalue weighted by molar-refractivity contribution is 5.97. The van der Waals surface area contributed by atoms with Crippen LogP contribution in [-0.4, -0.2) is 34.1 Å². The summed E-state index contributed by atoms with van der Waals surface area (Å²) in [4.78, 5) is 14.7. The Bertz CT molecular complexity index is 501. The normalized spacial score (nSPS) is 29.6. The summed E-state index contributed by atoms with van der Waals surface area (Å²) in [7, 11) is 0. The van der Waals surface area contributed by atoms with E-state index >= 15 is 0 Å². The monoisotopic (exact) mass is 260 g/mol. The zero-order valence-corrected chi connectivity index (χ0v) is 11.2. The molecule has 2 unspecified atom stereocenters. The van der Waals surface area contributed by atoms with Crippen molar-refractivity contribution in [2.45, 2.75) is 50.8 Å². The first kappa shape index (κ1) is 12.5. The van der Waals surface area contributed by atoms with Crippen molar-refractivity contribution in [1.82, 2.24) is 4.90 Å². The van der Waals surface area contributed by atoms with Crippen LogP contribution < -0.4 is 5.73 Å². The highest BCUT2D eigenvalue weighted by Gasteiger charge is 2.43. The third-order valence-corrected chi connectivity index (χ3v) is 4.55. The Morgan fingerprint density at radius 2 is 1.95 bits per heavy atom. The summed E-state index contributed by atoms with van der Waals surface area (Å²) in [6, 6.07) is 5.89. The number of hydrogen-bond donors (Lipinski definition) is 2. The molecule has 102 valence electrons. The molecule has 0 saturated carbocycles. The molecule has 0 spiro atoms. The maximum atomic E-state index is 12.7. The molecule has 2 heterocycles. The average molecular weight is 260 g/mol. The van der Waals surface area contributed by atoms with E-state index in [0.717, 1.165) is 18.4 Å². The molecule has 2 atom stereocenters. The molecule has 2 saturated heterocycles. The summed E-state index contributed by atoms with van der Waals surface area (Å²) < 4.78 is 0. The van der Waals surface area contributed by atoms with Crippen LogP contribution in [0.4, 0.5) is 5.69 Å². The van der Waals surface area contributed by atoms with Gasteiger partial charge in [-0.15, -0.1) is 0 Å². The van der Waals surface area contributed by atoms with Crippen molar-refractivity contribution in [2.75, 3.05) is 5.73 Å². The first-order valence-electron chi connectivity index (χ1n) is 6.93. The topological polar surface area (TPSA) is 66.6 Å². The number of anilines is 1. The number of hydrogen-bond acceptors (Lipinski definition) is 3. The number of carbonyl (C=O) groups is 1. The molecule has 2 aliphatic heterocycles. The van der Waals surface area contributed by atoms with Crippen molar-refractivity contribution < 1.29 is 9.90 Å². The molecule has 0 aliphatic carbocycles. The van der Waals surface area contributed by atoms with Gasteiger partial charge in [0.2, 0.25) is 0 Å². The number of piperidine rings is 1. The minimum absolute atomic E-state index is 0.0733. The van der Waals surface area contributed by atoms with E-state index in [-0.39, 0.29) is 24.1 Å². The lowest BCUT2D eigenvalue weighted by Crippen LogP contribution is -2.48. The smallest absolute Gasteiger partial charge is 0.254 e. The van der Waals surface area contributed by atoms with Crippen LogP contribution in [0.5, 0.6) is 0 Å². The van der Waals surface area contributed by atoms with Crippen LogP contribution in [0.2, 0.25) is 0 Å². The van der Waals surface area contributed by atoms with Crippen molar-refractivity contribution in [1.29, 1.82) is 0 Å². The van der Waals surface area contributed by atoms with E-state index in [1.54, 1.807) is 0 Å². The van der Waals surface area contributed by atoms with E-state index in [9.17, 15) is 9.90 Å². The molecule has 3 N–H and O–H groups in total. The van der Waals surface area contributed by atoms with Gasteiger partial charge in [-0.1, -0.05) is 6.07 Å². The number of amides is 1. The molecule has 4 heteroatoms. The second-order valence-corrected chi connectivity index (χ2v) is 5.74. The Morgan fingerprint density at radius 1 is 1.32 bits per heavy atom. The fourth-order valence-corrected chi connectivity index (χ4v) is 3.50. The summed E-state index contributed by atoms with van der Waals surface area (Å²) in [6.45, 7) is 1.89. The van der Waals surface area contributed by atoms with Crippen molar-refractivity contribution in [3.63, 3.8) is 0 Å². The van der Waals surface area contributed by atoms with Crippen LogP contribution >= 0.6 is 0 Å². The van der Waals surface area contributed by atoms with Crippen molar-refractivity contribution in [3.8, 4) is 0 Å². The highest BCUT2D eigenvalue weighted by Crippen LogP contribution is 2.37. The fourth-order valence-electron chi connectivity index (χ4n) is 3.50. The molecule has 1 aromatic carbocycles. The van der Waals surface area contributed by atoms with Gasteiger partial charge in [0.05, 0.1) is 6.10 Å². The van der Waals surface area contributed by atoms with Crippen LogP contribution in [0.1, 0.15) is 41.6 Å². The number of nitrogens with zero attached hydrogens (tertiary/aromatic N) is 1. The predicted octanol–water partition coefficient (Wildman–Crippen LogP) is 1.71. The Balaban J connectivity index is 1.91. The molecule has 3 rings (SSSR count). The third-order valence-electron chi connectivity index (χ3n) is 4.55. The molecule has 0 radical (unpaired) electrons. The Morgan fingerprint density at radius 3 is 2.58 bits per heavy atom. The van der Waals surface area contributed by atoms with Gasteiger partial charge in [0.1, 0.15) is 0 Å². The number of aliphatic hydroxyl groups is 1. The van der Waals surface area contributed by atoms with Gasteiger partial charge in [0, 0.05) is 23.3 Å². The van der Waals surface area contributed by atoms with Crippen LogP contribution in [0.25, 0.3) is 0 Å². The molecule has 2 aliphatic rings.